The molecule has 0 saturated heterocycles. The molecule has 0 aliphatic heterocycles. The highest BCUT2D eigenvalue weighted by atomic mass is 16.6. The predicted octanol–water partition coefficient (Wildman–Crippen LogP) is 6.10. The minimum absolute atomic E-state index is 0.125. The lowest BCUT2D eigenvalue weighted by atomic mass is 9.49. The molecule has 0 heterocycles. The van der Waals surface area contributed by atoms with Crippen molar-refractivity contribution in [2.75, 3.05) is 0 Å². The van der Waals surface area contributed by atoms with E-state index in [0.717, 1.165) is 57.8 Å². The molecule has 5 saturated carbocycles. The van der Waals surface area contributed by atoms with Gasteiger partial charge in [-0.05, 0) is 93.2 Å². The minimum Gasteiger partial charge on any atom is -0.422 e. The standard InChI is InChI=1S/C31H45NO5/c1-4-25(32-19(2)3)28(33)24-10-11-26(27(15-24)36-29(34)23-8-6-5-7-9-23)37-30(35)31-16-20-12-21(17-31)14-22(13-20)18-31/h10-11,15,19-23,25,28,32-33H,4-9,12-14,16-18H2,1-3H3. The first kappa shape index (κ1) is 26.7. The van der Waals surface area contributed by atoms with Crippen LogP contribution >= 0.6 is 0 Å². The second-order valence-corrected chi connectivity index (χ2v) is 12.8. The highest BCUT2D eigenvalue weighted by Gasteiger charge is 2.55. The van der Waals surface area contributed by atoms with E-state index in [1.165, 1.54) is 19.3 Å². The summed E-state index contributed by atoms with van der Waals surface area (Å²) in [6.07, 6.45) is 11.4. The molecule has 1 aromatic carbocycles. The highest BCUT2D eigenvalue weighted by Crippen LogP contribution is 2.60. The van der Waals surface area contributed by atoms with Crippen LogP contribution in [0, 0.1) is 29.1 Å². The largest absolute Gasteiger partial charge is 0.422 e. The van der Waals surface area contributed by atoms with E-state index >= 15 is 0 Å². The summed E-state index contributed by atoms with van der Waals surface area (Å²) in [6.45, 7) is 6.15. The van der Waals surface area contributed by atoms with Crippen LogP contribution in [-0.2, 0) is 9.59 Å². The van der Waals surface area contributed by atoms with Gasteiger partial charge in [-0.1, -0.05) is 46.1 Å². The van der Waals surface area contributed by atoms with Gasteiger partial charge in [-0.3, -0.25) is 9.59 Å². The zero-order valence-electron chi connectivity index (χ0n) is 22.8. The Labute approximate surface area is 221 Å². The molecular formula is C31H45NO5. The van der Waals surface area contributed by atoms with Crippen molar-refractivity contribution >= 4 is 11.9 Å². The Kier molecular flexibility index (Phi) is 7.97. The fraction of sp³-hybridized carbons (Fsp3) is 0.742. The fourth-order valence-electron chi connectivity index (χ4n) is 8.06. The molecule has 204 valence electrons. The Hall–Kier alpha value is -1.92. The maximum atomic E-state index is 13.7. The normalized spacial score (nSPS) is 30.8. The Morgan fingerprint density at radius 1 is 0.973 bits per heavy atom. The summed E-state index contributed by atoms with van der Waals surface area (Å²) in [4.78, 5) is 26.8. The Balaban J connectivity index is 1.39. The molecule has 2 unspecified atom stereocenters. The number of aliphatic hydroxyl groups is 1. The van der Waals surface area contributed by atoms with Crippen molar-refractivity contribution in [1.29, 1.82) is 0 Å². The molecule has 2 N–H and O–H groups in total. The molecule has 5 aliphatic carbocycles. The monoisotopic (exact) mass is 511 g/mol. The number of hydrogen-bond acceptors (Lipinski definition) is 6. The number of ether oxygens (including phenoxy) is 2. The molecule has 6 rings (SSSR count). The molecular weight excluding hydrogens is 466 g/mol. The molecule has 0 spiro atoms. The van der Waals surface area contributed by atoms with Gasteiger partial charge in [-0.25, -0.2) is 0 Å². The van der Waals surface area contributed by atoms with Gasteiger partial charge in [0.1, 0.15) is 0 Å². The molecule has 0 amide bonds. The Morgan fingerprint density at radius 2 is 1.59 bits per heavy atom. The van der Waals surface area contributed by atoms with E-state index in [9.17, 15) is 14.7 Å². The lowest BCUT2D eigenvalue weighted by molar-refractivity contribution is -0.161. The molecule has 1 aromatic rings. The lowest BCUT2D eigenvalue weighted by Gasteiger charge is -2.55. The van der Waals surface area contributed by atoms with Gasteiger partial charge in [0.15, 0.2) is 11.5 Å². The number of carbonyl (C=O) groups is 2. The first-order chi connectivity index (χ1) is 17.8. The zero-order valence-corrected chi connectivity index (χ0v) is 22.8. The van der Waals surface area contributed by atoms with E-state index in [0.29, 0.717) is 29.1 Å². The van der Waals surface area contributed by atoms with Crippen LogP contribution in [-0.4, -0.2) is 29.1 Å². The van der Waals surface area contributed by atoms with E-state index in [-0.39, 0.29) is 35.7 Å². The van der Waals surface area contributed by atoms with Crippen molar-refractivity contribution in [3.05, 3.63) is 23.8 Å². The summed E-state index contributed by atoms with van der Waals surface area (Å²) < 4.78 is 12.0. The minimum atomic E-state index is -0.771. The number of aliphatic hydroxyl groups excluding tert-OH is 1. The van der Waals surface area contributed by atoms with Crippen molar-refractivity contribution in [1.82, 2.24) is 5.32 Å². The summed E-state index contributed by atoms with van der Waals surface area (Å²) in [5.74, 6) is 1.92. The van der Waals surface area contributed by atoms with Crippen LogP contribution in [0.25, 0.3) is 0 Å². The molecule has 6 heteroatoms. The third-order valence-electron chi connectivity index (χ3n) is 9.50. The van der Waals surface area contributed by atoms with E-state index in [4.69, 9.17) is 9.47 Å². The smallest absolute Gasteiger partial charge is 0.317 e. The number of rotatable bonds is 9. The third-order valence-corrected chi connectivity index (χ3v) is 9.50. The molecule has 6 nitrogen and oxygen atoms in total. The molecule has 5 fully saturated rings. The van der Waals surface area contributed by atoms with Crippen LogP contribution < -0.4 is 14.8 Å². The van der Waals surface area contributed by atoms with Crippen molar-refractivity contribution in [2.24, 2.45) is 29.1 Å². The van der Waals surface area contributed by atoms with Gasteiger partial charge < -0.3 is 19.9 Å². The molecule has 4 bridgehead atoms. The topological polar surface area (TPSA) is 84.9 Å². The van der Waals surface area contributed by atoms with Crippen molar-refractivity contribution in [3.63, 3.8) is 0 Å². The summed E-state index contributed by atoms with van der Waals surface area (Å²) >= 11 is 0. The van der Waals surface area contributed by atoms with E-state index in [1.54, 1.807) is 18.2 Å². The van der Waals surface area contributed by atoms with Gasteiger partial charge in [0.25, 0.3) is 0 Å². The van der Waals surface area contributed by atoms with Gasteiger partial charge in [0, 0.05) is 12.1 Å². The van der Waals surface area contributed by atoms with Gasteiger partial charge in [0.2, 0.25) is 0 Å². The summed E-state index contributed by atoms with van der Waals surface area (Å²) in [6, 6.07) is 5.31. The van der Waals surface area contributed by atoms with Crippen molar-refractivity contribution in [3.8, 4) is 11.5 Å². The Morgan fingerprint density at radius 3 is 2.16 bits per heavy atom. The first-order valence-electron chi connectivity index (χ1n) is 14.8. The average molecular weight is 512 g/mol. The summed E-state index contributed by atoms with van der Waals surface area (Å²) in [5, 5.41) is 14.6. The second-order valence-electron chi connectivity index (χ2n) is 12.8. The number of carbonyl (C=O) groups excluding carboxylic acids is 2. The van der Waals surface area contributed by atoms with Crippen LogP contribution in [0.1, 0.15) is 109 Å². The lowest BCUT2D eigenvalue weighted by Crippen LogP contribution is -2.51. The van der Waals surface area contributed by atoms with Crippen LogP contribution in [0.5, 0.6) is 11.5 Å². The summed E-state index contributed by atoms with van der Waals surface area (Å²) in [7, 11) is 0. The van der Waals surface area contributed by atoms with Gasteiger partial charge in [-0.2, -0.15) is 0 Å². The predicted molar refractivity (Wildman–Crippen MR) is 142 cm³/mol. The van der Waals surface area contributed by atoms with Gasteiger partial charge in [0.05, 0.1) is 17.4 Å². The van der Waals surface area contributed by atoms with Gasteiger partial charge >= 0.3 is 11.9 Å². The summed E-state index contributed by atoms with van der Waals surface area (Å²) in [5.41, 5.74) is 0.257. The number of esters is 2. The molecule has 0 radical (unpaired) electrons. The molecule has 0 aromatic heterocycles. The molecule has 37 heavy (non-hydrogen) atoms. The van der Waals surface area contributed by atoms with Crippen molar-refractivity contribution < 1.29 is 24.2 Å². The SMILES string of the molecule is CCC(NC(C)C)C(O)c1ccc(OC(=O)C23CC4CC(CC(C4)C2)C3)c(OC(=O)C2CCCCC2)c1. The van der Waals surface area contributed by atoms with Crippen LogP contribution in [0.15, 0.2) is 18.2 Å². The number of nitrogens with one attached hydrogen (secondary N) is 1. The molecule has 2 atom stereocenters. The van der Waals surface area contributed by atoms with E-state index < -0.39 is 11.5 Å². The molecule has 5 aliphatic rings. The Bertz CT molecular complexity index is 947. The fourth-order valence-corrected chi connectivity index (χ4v) is 8.06. The average Bonchev–Trinajstić information content (AvgIpc) is 2.87. The second kappa shape index (κ2) is 11.1. The van der Waals surface area contributed by atoms with Crippen LogP contribution in [0.4, 0.5) is 0 Å². The van der Waals surface area contributed by atoms with E-state index in [2.05, 4.69) is 19.2 Å². The van der Waals surface area contributed by atoms with Crippen LogP contribution in [0.3, 0.4) is 0 Å². The first-order valence-corrected chi connectivity index (χ1v) is 14.8. The maximum absolute atomic E-state index is 13.7. The quantitative estimate of drug-likeness (QED) is 0.308. The van der Waals surface area contributed by atoms with E-state index in [1.807, 2.05) is 6.92 Å². The highest BCUT2D eigenvalue weighted by molar-refractivity contribution is 5.81. The van der Waals surface area contributed by atoms with Crippen molar-refractivity contribution in [2.45, 2.75) is 116 Å². The maximum Gasteiger partial charge on any atom is 0.317 e. The zero-order chi connectivity index (χ0) is 26.2. The van der Waals surface area contributed by atoms with Gasteiger partial charge in [-0.15, -0.1) is 0 Å². The number of benzene rings is 1. The third kappa shape index (κ3) is 5.75. The van der Waals surface area contributed by atoms with Crippen LogP contribution in [0.2, 0.25) is 0 Å². The number of hydrogen-bond donors (Lipinski definition) is 2.